The molecule has 0 spiro atoms. The van der Waals surface area contributed by atoms with Crippen LogP contribution in [0, 0.1) is 13.8 Å². The van der Waals surface area contributed by atoms with Crippen LogP contribution >= 0.6 is 0 Å². The van der Waals surface area contributed by atoms with Gasteiger partial charge in [0.1, 0.15) is 6.54 Å². The van der Waals surface area contributed by atoms with Gasteiger partial charge >= 0.3 is 0 Å². The molecular formula is C26H26N4O3. The van der Waals surface area contributed by atoms with Gasteiger partial charge in [0.2, 0.25) is 11.9 Å². The predicted molar refractivity (Wildman–Crippen MR) is 127 cm³/mol. The Hall–Kier alpha value is -4.13. The van der Waals surface area contributed by atoms with Crippen molar-refractivity contribution in [2.24, 2.45) is 0 Å². The lowest BCUT2D eigenvalue weighted by Crippen LogP contribution is -2.38. The number of imidazole rings is 1. The Morgan fingerprint density at radius 2 is 1.82 bits per heavy atom. The lowest BCUT2D eigenvalue weighted by Gasteiger charge is -2.19. The molecule has 4 rings (SSSR count). The summed E-state index contributed by atoms with van der Waals surface area (Å²) >= 11 is 0. The maximum atomic E-state index is 12.9. The Morgan fingerprint density at radius 3 is 2.48 bits per heavy atom. The number of hydrogen-bond donors (Lipinski definition) is 1. The largest absolute Gasteiger partial charge is 0.459 e. The summed E-state index contributed by atoms with van der Waals surface area (Å²) in [5.41, 5.74) is 4.90. The molecule has 4 aromatic rings. The van der Waals surface area contributed by atoms with E-state index >= 15 is 0 Å². The van der Waals surface area contributed by atoms with E-state index in [4.69, 9.17) is 4.42 Å². The van der Waals surface area contributed by atoms with Crippen molar-refractivity contribution in [3.8, 4) is 16.9 Å². The van der Waals surface area contributed by atoms with Crippen molar-refractivity contribution in [3.63, 3.8) is 0 Å². The van der Waals surface area contributed by atoms with Crippen molar-refractivity contribution in [2.75, 3.05) is 18.4 Å². The third-order valence-electron chi connectivity index (χ3n) is 5.53. The van der Waals surface area contributed by atoms with E-state index in [0.29, 0.717) is 12.5 Å². The van der Waals surface area contributed by atoms with Crippen LogP contribution in [0.2, 0.25) is 0 Å². The van der Waals surface area contributed by atoms with Crippen molar-refractivity contribution in [1.29, 1.82) is 0 Å². The number of furan rings is 1. The molecule has 0 fully saturated rings. The van der Waals surface area contributed by atoms with E-state index in [1.807, 2.05) is 67.1 Å². The summed E-state index contributed by atoms with van der Waals surface area (Å²) in [5.74, 6) is -0.0802. The number of nitrogens with zero attached hydrogens (tertiary/aromatic N) is 3. The second-order valence-corrected chi connectivity index (χ2v) is 7.80. The van der Waals surface area contributed by atoms with Crippen LogP contribution in [0.5, 0.6) is 0 Å². The van der Waals surface area contributed by atoms with Gasteiger partial charge in [-0.2, -0.15) is 0 Å². The van der Waals surface area contributed by atoms with Crippen molar-refractivity contribution >= 4 is 17.8 Å². The minimum absolute atomic E-state index is 0.115. The number of carbonyl (C=O) groups excluding carboxylic acids is 2. The summed E-state index contributed by atoms with van der Waals surface area (Å²) in [6.45, 7) is 6.17. The summed E-state index contributed by atoms with van der Waals surface area (Å²) in [6.07, 6.45) is 3.34. The smallest absolute Gasteiger partial charge is 0.290 e. The molecule has 0 bridgehead atoms. The molecule has 0 saturated heterocycles. The average molecular weight is 443 g/mol. The molecule has 0 aliphatic heterocycles. The van der Waals surface area contributed by atoms with Crippen LogP contribution in [-0.2, 0) is 4.79 Å². The van der Waals surface area contributed by atoms with Gasteiger partial charge in [0, 0.05) is 24.0 Å². The summed E-state index contributed by atoms with van der Waals surface area (Å²) < 4.78 is 7.05. The van der Waals surface area contributed by atoms with E-state index in [2.05, 4.69) is 23.3 Å². The van der Waals surface area contributed by atoms with Crippen LogP contribution in [-0.4, -0.2) is 39.4 Å². The summed E-state index contributed by atoms with van der Waals surface area (Å²) in [5, 5.41) is 2.89. The fraction of sp³-hybridized carbons (Fsp3) is 0.192. The van der Waals surface area contributed by atoms with Crippen LogP contribution < -0.4 is 5.32 Å². The highest BCUT2D eigenvalue weighted by atomic mass is 16.3. The molecule has 168 valence electrons. The third kappa shape index (κ3) is 4.87. The second kappa shape index (κ2) is 9.56. The number of nitrogens with one attached hydrogen (secondary N) is 1. The Morgan fingerprint density at radius 1 is 1.03 bits per heavy atom. The molecule has 0 aliphatic carbocycles. The molecule has 2 aromatic heterocycles. The Bertz CT molecular complexity index is 1260. The molecule has 1 N–H and O–H groups in total. The highest BCUT2D eigenvalue weighted by Gasteiger charge is 2.21. The minimum Gasteiger partial charge on any atom is -0.459 e. The molecule has 0 unspecified atom stereocenters. The van der Waals surface area contributed by atoms with E-state index in [9.17, 15) is 9.59 Å². The lowest BCUT2D eigenvalue weighted by atomic mass is 10.1. The van der Waals surface area contributed by atoms with Crippen LogP contribution in [0.25, 0.3) is 16.9 Å². The monoisotopic (exact) mass is 442 g/mol. The quantitative estimate of drug-likeness (QED) is 0.444. The SMILES string of the molecule is CCN(CC(=O)Nc1nc(-c2ccccc2)cn1-c1ccc(C)c(C)c1)C(=O)c1ccco1. The Balaban J connectivity index is 1.62. The zero-order valence-electron chi connectivity index (χ0n) is 18.9. The van der Waals surface area contributed by atoms with Gasteiger partial charge in [-0.3, -0.25) is 19.5 Å². The molecule has 33 heavy (non-hydrogen) atoms. The number of aromatic nitrogens is 2. The van der Waals surface area contributed by atoms with Crippen molar-refractivity contribution in [1.82, 2.24) is 14.5 Å². The number of rotatable bonds is 7. The first-order chi connectivity index (χ1) is 16.0. The van der Waals surface area contributed by atoms with Gasteiger partial charge in [-0.05, 0) is 56.2 Å². The fourth-order valence-corrected chi connectivity index (χ4v) is 3.51. The van der Waals surface area contributed by atoms with E-state index in [-0.39, 0.29) is 24.1 Å². The zero-order valence-corrected chi connectivity index (χ0v) is 18.9. The first-order valence-corrected chi connectivity index (χ1v) is 10.8. The van der Waals surface area contributed by atoms with Gasteiger partial charge in [0.05, 0.1) is 12.0 Å². The van der Waals surface area contributed by atoms with E-state index in [0.717, 1.165) is 22.5 Å². The number of benzene rings is 2. The summed E-state index contributed by atoms with van der Waals surface area (Å²) in [4.78, 5) is 31.6. The van der Waals surface area contributed by atoms with Gasteiger partial charge in [-0.15, -0.1) is 0 Å². The molecule has 7 nitrogen and oxygen atoms in total. The Kier molecular flexibility index (Phi) is 6.40. The van der Waals surface area contributed by atoms with Crippen LogP contribution in [0.4, 0.5) is 5.95 Å². The highest BCUT2D eigenvalue weighted by molar-refractivity contribution is 5.97. The highest BCUT2D eigenvalue weighted by Crippen LogP contribution is 2.25. The lowest BCUT2D eigenvalue weighted by molar-refractivity contribution is -0.116. The number of anilines is 1. The first kappa shape index (κ1) is 22.1. The molecule has 2 aromatic carbocycles. The molecule has 0 radical (unpaired) electrons. The molecular weight excluding hydrogens is 416 g/mol. The summed E-state index contributed by atoms with van der Waals surface area (Å²) in [7, 11) is 0. The van der Waals surface area contributed by atoms with E-state index in [1.165, 1.54) is 16.7 Å². The summed E-state index contributed by atoms with van der Waals surface area (Å²) in [6, 6.07) is 19.1. The fourth-order valence-electron chi connectivity index (χ4n) is 3.51. The predicted octanol–water partition coefficient (Wildman–Crippen LogP) is 4.85. The van der Waals surface area contributed by atoms with E-state index < -0.39 is 0 Å². The average Bonchev–Trinajstić information content (AvgIpc) is 3.50. The number of carbonyl (C=O) groups is 2. The third-order valence-corrected chi connectivity index (χ3v) is 5.53. The van der Waals surface area contributed by atoms with Crippen LogP contribution in [0.15, 0.2) is 77.5 Å². The number of likely N-dealkylation sites (N-methyl/N-ethyl adjacent to an activating group) is 1. The van der Waals surface area contributed by atoms with E-state index in [1.54, 1.807) is 12.1 Å². The molecule has 7 heteroatoms. The zero-order chi connectivity index (χ0) is 23.4. The normalized spacial score (nSPS) is 10.8. The van der Waals surface area contributed by atoms with Crippen LogP contribution in [0.1, 0.15) is 28.6 Å². The molecule has 0 atom stereocenters. The first-order valence-electron chi connectivity index (χ1n) is 10.8. The molecule has 2 amide bonds. The maximum absolute atomic E-state index is 12.9. The van der Waals surface area contributed by atoms with Gasteiger partial charge < -0.3 is 9.32 Å². The Labute approximate surface area is 192 Å². The minimum atomic E-state index is -0.341. The van der Waals surface area contributed by atoms with Gasteiger partial charge in [-0.25, -0.2) is 4.98 Å². The van der Waals surface area contributed by atoms with Gasteiger partial charge in [0.15, 0.2) is 5.76 Å². The standard InChI is InChI=1S/C26H26N4O3/c1-4-29(25(32)23-11-8-14-33-23)17-24(31)28-26-27-22(20-9-6-5-7-10-20)16-30(26)21-13-12-18(2)19(3)15-21/h5-16H,4,17H2,1-3H3,(H,27,28,31). The molecule has 2 heterocycles. The van der Waals surface area contributed by atoms with Crippen molar-refractivity contribution in [3.05, 3.63) is 90.0 Å². The number of amides is 2. The number of hydrogen-bond acceptors (Lipinski definition) is 4. The maximum Gasteiger partial charge on any atom is 0.290 e. The second-order valence-electron chi connectivity index (χ2n) is 7.80. The van der Waals surface area contributed by atoms with Crippen molar-refractivity contribution < 1.29 is 14.0 Å². The van der Waals surface area contributed by atoms with Crippen LogP contribution in [0.3, 0.4) is 0 Å². The van der Waals surface area contributed by atoms with Gasteiger partial charge in [0.25, 0.3) is 5.91 Å². The van der Waals surface area contributed by atoms with Crippen molar-refractivity contribution in [2.45, 2.75) is 20.8 Å². The van der Waals surface area contributed by atoms with Gasteiger partial charge in [-0.1, -0.05) is 36.4 Å². The number of aryl methyl sites for hydroxylation is 2. The molecule has 0 aliphatic rings. The topological polar surface area (TPSA) is 80.4 Å². The molecule has 0 saturated carbocycles.